The highest BCUT2D eigenvalue weighted by molar-refractivity contribution is 7.99. The molecule has 0 bridgehead atoms. The lowest BCUT2D eigenvalue weighted by molar-refractivity contribution is 0.591. The average molecular weight is 332 g/mol. The molecular formula is C18H18ClNOS. The average Bonchev–Trinajstić information content (AvgIpc) is 2.46. The van der Waals surface area contributed by atoms with Crippen LogP contribution in [0.5, 0.6) is 0 Å². The number of pyridine rings is 1. The molecule has 2 nitrogen and oxygen atoms in total. The molecule has 4 heteroatoms. The lowest BCUT2D eigenvalue weighted by Crippen LogP contribution is -2.12. The Morgan fingerprint density at radius 1 is 1.09 bits per heavy atom. The van der Waals surface area contributed by atoms with Crippen LogP contribution in [0.1, 0.15) is 26.3 Å². The Kier molecular flexibility index (Phi) is 3.74. The van der Waals surface area contributed by atoms with Gasteiger partial charge in [0.05, 0.1) is 16.1 Å². The van der Waals surface area contributed by atoms with E-state index < -0.39 is 0 Å². The number of hydrogen-bond acceptors (Lipinski definition) is 2. The lowest BCUT2D eigenvalue weighted by Gasteiger charge is -2.19. The largest absolute Gasteiger partial charge is 0.353 e. The summed E-state index contributed by atoms with van der Waals surface area (Å²) in [5.41, 5.74) is 2.97. The molecule has 0 aliphatic rings. The van der Waals surface area contributed by atoms with Crippen molar-refractivity contribution in [1.82, 2.24) is 4.98 Å². The van der Waals surface area contributed by atoms with Gasteiger partial charge in [0.15, 0.2) is 5.43 Å². The van der Waals surface area contributed by atoms with Gasteiger partial charge in [-0.05, 0) is 41.5 Å². The number of benzene rings is 2. The van der Waals surface area contributed by atoms with E-state index in [2.05, 4.69) is 31.8 Å². The number of nitrogens with one attached hydrogen (secondary N) is 1. The molecule has 1 N–H and O–H groups in total. The highest BCUT2D eigenvalue weighted by Crippen LogP contribution is 2.32. The summed E-state index contributed by atoms with van der Waals surface area (Å²) in [5, 5.41) is 2.07. The van der Waals surface area contributed by atoms with Gasteiger partial charge in [-0.3, -0.25) is 4.79 Å². The van der Waals surface area contributed by atoms with E-state index in [1.54, 1.807) is 23.9 Å². The van der Waals surface area contributed by atoms with Crippen LogP contribution in [0.25, 0.3) is 21.8 Å². The predicted octanol–water partition coefficient (Wildman–Crippen LogP) is 5.35. The molecule has 0 aliphatic heterocycles. The fourth-order valence-electron chi connectivity index (χ4n) is 2.66. The van der Waals surface area contributed by atoms with Gasteiger partial charge in [0.1, 0.15) is 0 Å². The minimum atomic E-state index is 0.0384. The molecule has 0 saturated heterocycles. The molecular weight excluding hydrogens is 314 g/mol. The van der Waals surface area contributed by atoms with E-state index in [0.717, 1.165) is 21.3 Å². The number of fused-ring (bicyclic) bond motifs is 2. The Labute approximate surface area is 138 Å². The summed E-state index contributed by atoms with van der Waals surface area (Å²) in [7, 11) is 0. The summed E-state index contributed by atoms with van der Waals surface area (Å²) in [4.78, 5) is 17.1. The van der Waals surface area contributed by atoms with Crippen molar-refractivity contribution in [3.8, 4) is 0 Å². The molecule has 0 saturated carbocycles. The predicted molar refractivity (Wildman–Crippen MR) is 97.6 cm³/mol. The van der Waals surface area contributed by atoms with Crippen LogP contribution < -0.4 is 5.43 Å². The lowest BCUT2D eigenvalue weighted by atomic mass is 9.86. The third kappa shape index (κ3) is 2.42. The summed E-state index contributed by atoms with van der Waals surface area (Å²) >= 11 is 7.82. The Balaban J connectivity index is 2.46. The van der Waals surface area contributed by atoms with Crippen molar-refractivity contribution in [2.24, 2.45) is 0 Å². The number of aromatic nitrogens is 1. The first-order valence-electron chi connectivity index (χ1n) is 7.15. The third-order valence-electron chi connectivity index (χ3n) is 3.95. The summed E-state index contributed by atoms with van der Waals surface area (Å²) in [6, 6.07) is 9.62. The molecule has 22 heavy (non-hydrogen) atoms. The normalized spacial score (nSPS) is 12.2. The maximum atomic E-state index is 12.8. The Hall–Kier alpha value is -1.45. The van der Waals surface area contributed by atoms with Gasteiger partial charge in [-0.25, -0.2) is 0 Å². The van der Waals surface area contributed by atoms with E-state index in [9.17, 15) is 4.79 Å². The summed E-state index contributed by atoms with van der Waals surface area (Å²) in [6.45, 7) is 6.49. The van der Waals surface area contributed by atoms with Crippen LogP contribution in [0, 0.1) is 0 Å². The van der Waals surface area contributed by atoms with Gasteiger partial charge in [-0.2, -0.15) is 0 Å². The zero-order valence-electron chi connectivity index (χ0n) is 13.1. The number of hydrogen-bond donors (Lipinski definition) is 1. The molecule has 2 aromatic carbocycles. The van der Waals surface area contributed by atoms with Crippen molar-refractivity contribution >= 4 is 45.2 Å². The molecule has 114 valence electrons. The van der Waals surface area contributed by atoms with Gasteiger partial charge >= 0.3 is 0 Å². The van der Waals surface area contributed by atoms with E-state index in [1.807, 2.05) is 18.4 Å². The summed E-state index contributed by atoms with van der Waals surface area (Å²) < 4.78 is 0. The van der Waals surface area contributed by atoms with Crippen molar-refractivity contribution in [1.29, 1.82) is 0 Å². The molecule has 0 spiro atoms. The van der Waals surface area contributed by atoms with Crippen LogP contribution in [0.2, 0.25) is 5.02 Å². The van der Waals surface area contributed by atoms with Crippen LogP contribution in [-0.4, -0.2) is 11.2 Å². The molecule has 0 aliphatic carbocycles. The first-order chi connectivity index (χ1) is 10.3. The van der Waals surface area contributed by atoms with Gasteiger partial charge in [-0.15, -0.1) is 11.8 Å². The minimum Gasteiger partial charge on any atom is -0.353 e. The quantitative estimate of drug-likeness (QED) is 0.481. The molecule has 3 aromatic rings. The number of halogens is 1. The Bertz CT molecular complexity index is 938. The molecule has 3 rings (SSSR count). The Morgan fingerprint density at radius 2 is 1.77 bits per heavy atom. The van der Waals surface area contributed by atoms with E-state index in [0.29, 0.717) is 10.4 Å². The topological polar surface area (TPSA) is 32.9 Å². The smallest absolute Gasteiger partial charge is 0.197 e. The molecule has 0 fully saturated rings. The van der Waals surface area contributed by atoms with Gasteiger partial charge in [-0.1, -0.05) is 38.4 Å². The second kappa shape index (κ2) is 5.32. The highest BCUT2D eigenvalue weighted by atomic mass is 35.5. The molecule has 0 amide bonds. The Morgan fingerprint density at radius 3 is 2.41 bits per heavy atom. The van der Waals surface area contributed by atoms with Gasteiger partial charge < -0.3 is 4.98 Å². The SMILES string of the molecule is CSc1c(Cl)ccc2c(=O)c3ccc(C(C)(C)C)cc3[nH]c12. The van der Waals surface area contributed by atoms with Crippen molar-refractivity contribution in [2.75, 3.05) is 6.26 Å². The van der Waals surface area contributed by atoms with Crippen molar-refractivity contribution in [3.05, 3.63) is 51.1 Å². The molecule has 0 radical (unpaired) electrons. The standard InChI is InChI=1S/C18H18ClNOS/c1-18(2,3)10-5-6-11-14(9-10)20-15-12(16(11)21)7-8-13(19)17(15)22-4/h5-9H,1-4H3,(H,20,21). The van der Waals surface area contributed by atoms with Gasteiger partial charge in [0, 0.05) is 15.7 Å². The zero-order chi connectivity index (χ0) is 16.1. The number of H-pyrrole nitrogens is 1. The van der Waals surface area contributed by atoms with Crippen molar-refractivity contribution in [3.63, 3.8) is 0 Å². The maximum Gasteiger partial charge on any atom is 0.197 e. The molecule has 1 aromatic heterocycles. The second-order valence-electron chi connectivity index (χ2n) is 6.47. The van der Waals surface area contributed by atoms with Crippen LogP contribution >= 0.6 is 23.4 Å². The van der Waals surface area contributed by atoms with Crippen LogP contribution in [0.15, 0.2) is 40.0 Å². The van der Waals surface area contributed by atoms with Crippen molar-refractivity contribution in [2.45, 2.75) is 31.1 Å². The first kappa shape index (κ1) is 15.4. The summed E-state index contributed by atoms with van der Waals surface area (Å²) in [6.07, 6.45) is 1.97. The van der Waals surface area contributed by atoms with E-state index in [-0.39, 0.29) is 10.8 Å². The first-order valence-corrected chi connectivity index (χ1v) is 8.76. The van der Waals surface area contributed by atoms with Crippen molar-refractivity contribution < 1.29 is 0 Å². The number of aromatic amines is 1. The van der Waals surface area contributed by atoms with Gasteiger partial charge in [0.25, 0.3) is 0 Å². The second-order valence-corrected chi connectivity index (χ2v) is 7.69. The molecule has 0 atom stereocenters. The van der Waals surface area contributed by atoms with Crippen LogP contribution in [0.3, 0.4) is 0 Å². The highest BCUT2D eigenvalue weighted by Gasteiger charge is 2.16. The number of rotatable bonds is 1. The fourth-order valence-corrected chi connectivity index (χ4v) is 3.68. The van der Waals surface area contributed by atoms with Crippen LogP contribution in [-0.2, 0) is 5.41 Å². The van der Waals surface area contributed by atoms with E-state index in [1.165, 1.54) is 5.56 Å². The number of thioether (sulfide) groups is 1. The molecule has 1 heterocycles. The van der Waals surface area contributed by atoms with E-state index >= 15 is 0 Å². The molecule has 0 unspecified atom stereocenters. The minimum absolute atomic E-state index is 0.0384. The monoisotopic (exact) mass is 331 g/mol. The maximum absolute atomic E-state index is 12.8. The third-order valence-corrected chi connectivity index (χ3v) is 5.21. The van der Waals surface area contributed by atoms with Crippen LogP contribution in [0.4, 0.5) is 0 Å². The fraction of sp³-hybridized carbons (Fsp3) is 0.278. The van der Waals surface area contributed by atoms with E-state index in [4.69, 9.17) is 11.6 Å². The summed E-state index contributed by atoms with van der Waals surface area (Å²) in [5.74, 6) is 0. The van der Waals surface area contributed by atoms with Gasteiger partial charge in [0.2, 0.25) is 0 Å². The zero-order valence-corrected chi connectivity index (χ0v) is 14.7.